The van der Waals surface area contributed by atoms with Crippen molar-refractivity contribution in [2.45, 2.75) is 18.4 Å². The zero-order valence-corrected chi connectivity index (χ0v) is 13.1. The topological polar surface area (TPSA) is 66.1 Å². The molecule has 0 bridgehead atoms. The van der Waals surface area contributed by atoms with Gasteiger partial charge in [0.25, 0.3) is 0 Å². The molecule has 0 atom stereocenters. The SMILES string of the molecule is Cc1[nH]ncc1S(=O)(=O)N(C)Cc1cc(Br)cs1. The molecule has 0 saturated carbocycles. The van der Waals surface area contributed by atoms with Crippen LogP contribution in [0, 0.1) is 6.92 Å². The van der Waals surface area contributed by atoms with Crippen molar-refractivity contribution in [3.63, 3.8) is 0 Å². The van der Waals surface area contributed by atoms with Gasteiger partial charge in [-0.25, -0.2) is 8.42 Å². The number of nitrogens with zero attached hydrogens (tertiary/aromatic N) is 2. The molecule has 0 aliphatic heterocycles. The monoisotopic (exact) mass is 349 g/mol. The number of hydrogen-bond donors (Lipinski definition) is 1. The molecule has 18 heavy (non-hydrogen) atoms. The summed E-state index contributed by atoms with van der Waals surface area (Å²) in [5.41, 5.74) is 0.550. The Morgan fingerprint density at radius 1 is 1.56 bits per heavy atom. The molecule has 0 aliphatic carbocycles. The van der Waals surface area contributed by atoms with Gasteiger partial charge < -0.3 is 0 Å². The summed E-state index contributed by atoms with van der Waals surface area (Å²) in [5, 5.41) is 8.31. The highest BCUT2D eigenvalue weighted by molar-refractivity contribution is 9.10. The molecule has 0 aromatic carbocycles. The standard InChI is InChI=1S/C10H12BrN3O2S2/c1-7-10(4-12-13-7)18(15,16)14(2)5-9-3-8(11)6-17-9/h3-4,6H,5H2,1-2H3,(H,12,13). The van der Waals surface area contributed by atoms with Crippen molar-refractivity contribution in [1.82, 2.24) is 14.5 Å². The van der Waals surface area contributed by atoms with Crippen LogP contribution in [0.1, 0.15) is 10.6 Å². The molecule has 1 N–H and O–H groups in total. The number of aryl methyl sites for hydroxylation is 1. The normalized spacial score (nSPS) is 12.2. The van der Waals surface area contributed by atoms with E-state index in [0.717, 1.165) is 9.35 Å². The number of H-pyrrole nitrogens is 1. The minimum absolute atomic E-state index is 0.223. The second kappa shape index (κ2) is 5.12. The fraction of sp³-hybridized carbons (Fsp3) is 0.300. The fourth-order valence-corrected chi connectivity index (χ4v) is 4.36. The Hall–Kier alpha value is -0.700. The summed E-state index contributed by atoms with van der Waals surface area (Å²) in [6.45, 7) is 2.04. The van der Waals surface area contributed by atoms with E-state index in [1.54, 1.807) is 14.0 Å². The van der Waals surface area contributed by atoms with Crippen molar-refractivity contribution in [2.75, 3.05) is 7.05 Å². The molecule has 2 aromatic rings. The molecular weight excluding hydrogens is 338 g/mol. The van der Waals surface area contributed by atoms with Crippen molar-refractivity contribution < 1.29 is 8.42 Å². The number of hydrogen-bond acceptors (Lipinski definition) is 4. The summed E-state index contributed by atoms with van der Waals surface area (Å²) < 4.78 is 26.9. The highest BCUT2D eigenvalue weighted by Crippen LogP contribution is 2.24. The Kier molecular flexibility index (Phi) is 3.90. The average molecular weight is 350 g/mol. The van der Waals surface area contributed by atoms with Gasteiger partial charge in [0.05, 0.1) is 11.9 Å². The molecule has 0 radical (unpaired) electrons. The van der Waals surface area contributed by atoms with Gasteiger partial charge in [0.1, 0.15) is 4.90 Å². The Bertz CT molecular complexity index is 648. The Balaban J connectivity index is 2.23. The van der Waals surface area contributed by atoms with Crippen molar-refractivity contribution >= 4 is 37.3 Å². The van der Waals surface area contributed by atoms with Gasteiger partial charge in [-0.1, -0.05) is 0 Å². The lowest BCUT2D eigenvalue weighted by Gasteiger charge is -2.15. The predicted octanol–water partition coefficient (Wildman–Crippen LogP) is 2.36. The third kappa shape index (κ3) is 2.66. The number of halogens is 1. The second-order valence-corrected chi connectivity index (χ2v) is 7.78. The third-order valence-corrected chi connectivity index (χ3v) is 6.07. The Labute approximate surface area is 118 Å². The lowest BCUT2D eigenvalue weighted by Crippen LogP contribution is -2.26. The van der Waals surface area contributed by atoms with Gasteiger partial charge >= 0.3 is 0 Å². The molecule has 0 aliphatic rings. The number of aromatic amines is 1. The van der Waals surface area contributed by atoms with E-state index in [1.807, 2.05) is 11.4 Å². The van der Waals surface area contributed by atoms with Crippen LogP contribution in [-0.4, -0.2) is 30.0 Å². The molecule has 0 spiro atoms. The van der Waals surface area contributed by atoms with Gasteiger partial charge in [-0.3, -0.25) is 5.10 Å². The van der Waals surface area contributed by atoms with Gasteiger partial charge in [-0.2, -0.15) is 9.40 Å². The molecule has 5 nitrogen and oxygen atoms in total. The summed E-state index contributed by atoms with van der Waals surface area (Å²) in [6.07, 6.45) is 1.34. The van der Waals surface area contributed by atoms with Crippen LogP contribution in [0.25, 0.3) is 0 Å². The minimum Gasteiger partial charge on any atom is -0.281 e. The first-order valence-electron chi connectivity index (χ1n) is 5.10. The van der Waals surface area contributed by atoms with E-state index in [0.29, 0.717) is 12.2 Å². The third-order valence-electron chi connectivity index (χ3n) is 2.47. The van der Waals surface area contributed by atoms with E-state index in [2.05, 4.69) is 26.1 Å². The lowest BCUT2D eigenvalue weighted by atomic mass is 10.5. The molecule has 2 rings (SSSR count). The summed E-state index contributed by atoms with van der Waals surface area (Å²) in [6, 6.07) is 1.92. The summed E-state index contributed by atoms with van der Waals surface area (Å²) in [7, 11) is -1.92. The van der Waals surface area contributed by atoms with Crippen molar-refractivity contribution in [2.24, 2.45) is 0 Å². The largest absolute Gasteiger partial charge is 0.281 e. The van der Waals surface area contributed by atoms with E-state index in [-0.39, 0.29) is 4.90 Å². The van der Waals surface area contributed by atoms with E-state index >= 15 is 0 Å². The van der Waals surface area contributed by atoms with E-state index in [4.69, 9.17) is 0 Å². The van der Waals surface area contributed by atoms with Gasteiger partial charge in [-0.05, 0) is 28.9 Å². The smallest absolute Gasteiger partial charge is 0.246 e. The Morgan fingerprint density at radius 2 is 2.28 bits per heavy atom. The summed E-state index contributed by atoms with van der Waals surface area (Å²) >= 11 is 4.87. The molecule has 98 valence electrons. The van der Waals surface area contributed by atoms with Gasteiger partial charge in [0.2, 0.25) is 10.0 Å². The zero-order valence-electron chi connectivity index (χ0n) is 9.84. The molecule has 8 heteroatoms. The first-order valence-corrected chi connectivity index (χ1v) is 8.22. The van der Waals surface area contributed by atoms with Crippen molar-refractivity contribution in [3.05, 3.63) is 32.7 Å². The number of aromatic nitrogens is 2. The summed E-state index contributed by atoms with van der Waals surface area (Å²) in [4.78, 5) is 1.20. The molecule has 0 fully saturated rings. The van der Waals surface area contributed by atoms with Gasteiger partial charge in [-0.15, -0.1) is 11.3 Å². The van der Waals surface area contributed by atoms with Crippen LogP contribution in [0.5, 0.6) is 0 Å². The van der Waals surface area contributed by atoms with Crippen LogP contribution in [0.15, 0.2) is 27.0 Å². The average Bonchev–Trinajstić information content (AvgIpc) is 2.87. The van der Waals surface area contributed by atoms with Crippen LogP contribution in [0.3, 0.4) is 0 Å². The minimum atomic E-state index is -3.48. The highest BCUT2D eigenvalue weighted by Gasteiger charge is 2.24. The summed E-state index contributed by atoms with van der Waals surface area (Å²) in [5.74, 6) is 0. The molecule has 0 saturated heterocycles. The van der Waals surface area contributed by atoms with Gasteiger partial charge in [0, 0.05) is 28.3 Å². The highest BCUT2D eigenvalue weighted by atomic mass is 79.9. The first-order chi connectivity index (χ1) is 8.41. The van der Waals surface area contributed by atoms with Crippen LogP contribution in [0.4, 0.5) is 0 Å². The molecule has 2 heterocycles. The van der Waals surface area contributed by atoms with E-state index in [9.17, 15) is 8.42 Å². The fourth-order valence-electron chi connectivity index (χ4n) is 1.51. The van der Waals surface area contributed by atoms with Crippen LogP contribution >= 0.6 is 27.3 Å². The van der Waals surface area contributed by atoms with Crippen LogP contribution < -0.4 is 0 Å². The lowest BCUT2D eigenvalue weighted by molar-refractivity contribution is 0.469. The first kappa shape index (κ1) is 13.7. The quantitative estimate of drug-likeness (QED) is 0.921. The number of rotatable bonds is 4. The number of thiophene rings is 1. The zero-order chi connectivity index (χ0) is 13.3. The molecule has 0 amide bonds. The second-order valence-electron chi connectivity index (χ2n) is 3.85. The van der Waals surface area contributed by atoms with E-state index in [1.165, 1.54) is 21.8 Å². The van der Waals surface area contributed by atoms with Crippen molar-refractivity contribution in [1.29, 1.82) is 0 Å². The predicted molar refractivity (Wildman–Crippen MR) is 74.0 cm³/mol. The molecule has 0 unspecified atom stereocenters. The number of nitrogens with one attached hydrogen (secondary N) is 1. The van der Waals surface area contributed by atoms with Crippen LogP contribution in [-0.2, 0) is 16.6 Å². The Morgan fingerprint density at radius 3 is 2.78 bits per heavy atom. The molecule has 2 aromatic heterocycles. The maximum atomic E-state index is 12.3. The maximum Gasteiger partial charge on any atom is 0.246 e. The van der Waals surface area contributed by atoms with E-state index < -0.39 is 10.0 Å². The molecular formula is C10H12BrN3O2S2. The maximum absolute atomic E-state index is 12.3. The van der Waals surface area contributed by atoms with Crippen molar-refractivity contribution in [3.8, 4) is 0 Å². The van der Waals surface area contributed by atoms with Crippen LogP contribution in [0.2, 0.25) is 0 Å². The van der Waals surface area contributed by atoms with Gasteiger partial charge in [0.15, 0.2) is 0 Å². The number of sulfonamides is 1.